The van der Waals surface area contributed by atoms with Crippen LogP contribution in [0.5, 0.6) is 0 Å². The molecule has 0 spiro atoms. The number of carbonyl (C=O) groups is 2. The number of carbonyl (C=O) groups excluding carboxylic acids is 2. The van der Waals surface area contributed by atoms with Crippen LogP contribution in [0.3, 0.4) is 0 Å². The predicted octanol–water partition coefficient (Wildman–Crippen LogP) is 5.18. The van der Waals surface area contributed by atoms with Gasteiger partial charge in [0.1, 0.15) is 17.6 Å². The third-order valence-corrected chi connectivity index (χ3v) is 6.70. The summed E-state index contributed by atoms with van der Waals surface area (Å²) in [6.45, 7) is 11.1. The molecule has 2 aromatic carbocycles. The van der Waals surface area contributed by atoms with Crippen LogP contribution in [0, 0.1) is 5.41 Å². The fourth-order valence-electron chi connectivity index (χ4n) is 3.74. The number of ether oxygens (including phenoxy) is 5. The van der Waals surface area contributed by atoms with Crippen LogP contribution in [0.15, 0.2) is 78.2 Å². The topological polar surface area (TPSA) is 80.3 Å². The Balaban J connectivity index is 1.92. The highest BCUT2D eigenvalue weighted by Gasteiger charge is 2.51. The number of rotatable bonds is 11. The molecule has 1 saturated heterocycles. The number of hydrogen-bond donors (Lipinski definition) is 0. The van der Waals surface area contributed by atoms with Crippen molar-refractivity contribution < 1.29 is 33.3 Å². The molecule has 0 aliphatic carbocycles. The first-order chi connectivity index (χ1) is 17.7. The van der Waals surface area contributed by atoms with Gasteiger partial charge in [0.05, 0.1) is 25.2 Å². The van der Waals surface area contributed by atoms with Gasteiger partial charge in [0.25, 0.3) is 0 Å². The summed E-state index contributed by atoms with van der Waals surface area (Å²) in [5.74, 6) is -0.906. The van der Waals surface area contributed by atoms with Gasteiger partial charge < -0.3 is 23.7 Å². The predicted molar refractivity (Wildman–Crippen MR) is 142 cm³/mol. The average molecular weight is 529 g/mol. The summed E-state index contributed by atoms with van der Waals surface area (Å²) in [6, 6.07) is 19.4. The lowest BCUT2D eigenvalue weighted by molar-refractivity contribution is -0.242. The van der Waals surface area contributed by atoms with Gasteiger partial charge in [-0.2, -0.15) is 0 Å². The maximum absolute atomic E-state index is 13.0. The maximum Gasteiger partial charge on any atom is 0.311 e. The van der Waals surface area contributed by atoms with Crippen LogP contribution < -0.4 is 0 Å². The molecule has 0 aromatic heterocycles. The number of hydrogen-bond acceptors (Lipinski definition) is 8. The molecule has 37 heavy (non-hydrogen) atoms. The lowest BCUT2D eigenvalue weighted by Gasteiger charge is -2.45. The molecule has 1 heterocycles. The van der Waals surface area contributed by atoms with E-state index in [1.807, 2.05) is 60.7 Å². The first-order valence-corrected chi connectivity index (χ1v) is 13.2. The zero-order chi connectivity index (χ0) is 26.8. The number of esters is 2. The van der Waals surface area contributed by atoms with Crippen LogP contribution in [-0.4, -0.2) is 55.0 Å². The molecule has 0 unspecified atom stereocenters. The standard InChI is InChI=1S/C29H36O7S/c1-6-17-33-25-24(34-20(2)30)23(19-32-18-21-13-9-7-10-14-21)35-27(37-22-15-11-8-12-16-22)26(25)36-28(31)29(3,4)5/h6-16,23-27H,1,17-19H2,2-5H3/t23-,24+,25+,26-,27+/m1/s1. The van der Waals surface area contributed by atoms with Crippen molar-refractivity contribution in [2.75, 3.05) is 13.2 Å². The van der Waals surface area contributed by atoms with Crippen LogP contribution in [0.25, 0.3) is 0 Å². The van der Waals surface area contributed by atoms with Gasteiger partial charge in [-0.1, -0.05) is 66.4 Å². The minimum absolute atomic E-state index is 0.145. The number of thioether (sulfide) groups is 1. The van der Waals surface area contributed by atoms with E-state index in [9.17, 15) is 9.59 Å². The second-order valence-corrected chi connectivity index (χ2v) is 10.9. The van der Waals surface area contributed by atoms with Gasteiger partial charge in [0, 0.05) is 11.8 Å². The summed E-state index contributed by atoms with van der Waals surface area (Å²) < 4.78 is 30.3. The Morgan fingerprint density at radius 1 is 0.973 bits per heavy atom. The quantitative estimate of drug-likeness (QED) is 0.292. The first kappa shape index (κ1) is 28.9. The molecule has 1 aliphatic heterocycles. The van der Waals surface area contributed by atoms with Crippen LogP contribution >= 0.6 is 11.8 Å². The van der Waals surface area contributed by atoms with E-state index in [-0.39, 0.29) is 13.2 Å². The zero-order valence-corrected chi connectivity index (χ0v) is 22.6. The van der Waals surface area contributed by atoms with E-state index in [1.165, 1.54) is 18.7 Å². The fourth-order valence-corrected chi connectivity index (χ4v) is 4.86. The molecule has 0 bridgehead atoms. The normalized spacial score (nSPS) is 23.7. The maximum atomic E-state index is 13.0. The molecule has 0 N–H and O–H groups in total. The molecule has 3 rings (SSSR count). The second-order valence-electron chi connectivity index (χ2n) is 9.76. The summed E-state index contributed by atoms with van der Waals surface area (Å²) in [4.78, 5) is 26.1. The van der Waals surface area contributed by atoms with Crippen LogP contribution in [-0.2, 0) is 39.9 Å². The van der Waals surface area contributed by atoms with E-state index in [2.05, 4.69) is 6.58 Å². The molecule has 2 aromatic rings. The molecule has 0 radical (unpaired) electrons. The van der Waals surface area contributed by atoms with Gasteiger partial charge in [-0.3, -0.25) is 9.59 Å². The van der Waals surface area contributed by atoms with Crippen LogP contribution in [0.2, 0.25) is 0 Å². The van der Waals surface area contributed by atoms with Gasteiger partial charge in [0.15, 0.2) is 12.2 Å². The Morgan fingerprint density at radius 3 is 2.22 bits per heavy atom. The van der Waals surface area contributed by atoms with Crippen LogP contribution in [0.4, 0.5) is 0 Å². The van der Waals surface area contributed by atoms with Gasteiger partial charge in [0.2, 0.25) is 0 Å². The van der Waals surface area contributed by atoms with Crippen molar-refractivity contribution in [3.8, 4) is 0 Å². The van der Waals surface area contributed by atoms with E-state index in [0.29, 0.717) is 6.61 Å². The van der Waals surface area contributed by atoms with Gasteiger partial charge in [-0.15, -0.1) is 6.58 Å². The Hall–Kier alpha value is -2.65. The highest BCUT2D eigenvalue weighted by atomic mass is 32.2. The Kier molecular flexibility index (Phi) is 10.8. The van der Waals surface area contributed by atoms with Crippen molar-refractivity contribution in [1.82, 2.24) is 0 Å². The highest BCUT2D eigenvalue weighted by molar-refractivity contribution is 7.99. The third-order valence-electron chi connectivity index (χ3n) is 5.54. The molecule has 7 nitrogen and oxygen atoms in total. The molecule has 5 atom stereocenters. The molecular formula is C29H36O7S. The number of benzene rings is 2. The molecule has 1 fully saturated rings. The molecular weight excluding hydrogens is 492 g/mol. The van der Waals surface area contributed by atoms with E-state index < -0.39 is 47.2 Å². The molecule has 0 saturated carbocycles. The zero-order valence-electron chi connectivity index (χ0n) is 21.8. The van der Waals surface area contributed by atoms with Gasteiger partial charge >= 0.3 is 11.9 Å². The summed E-state index contributed by atoms with van der Waals surface area (Å²) in [5, 5.41) is 0. The van der Waals surface area contributed by atoms with E-state index in [4.69, 9.17) is 23.7 Å². The van der Waals surface area contributed by atoms with E-state index in [0.717, 1.165) is 10.5 Å². The Morgan fingerprint density at radius 2 is 1.62 bits per heavy atom. The van der Waals surface area contributed by atoms with Crippen molar-refractivity contribution in [3.05, 3.63) is 78.9 Å². The van der Waals surface area contributed by atoms with Crippen LogP contribution in [0.1, 0.15) is 33.3 Å². The Labute approximate surface area is 223 Å². The minimum atomic E-state index is -0.862. The lowest BCUT2D eigenvalue weighted by atomic mass is 9.96. The Bertz CT molecular complexity index is 1010. The summed E-state index contributed by atoms with van der Waals surface area (Å²) in [7, 11) is 0. The summed E-state index contributed by atoms with van der Waals surface area (Å²) in [5.41, 5.74) is -0.382. The fraction of sp³-hybridized carbons (Fsp3) is 0.448. The molecule has 8 heteroatoms. The van der Waals surface area contributed by atoms with Crippen molar-refractivity contribution in [2.24, 2.45) is 5.41 Å². The average Bonchev–Trinajstić information content (AvgIpc) is 2.86. The smallest absolute Gasteiger partial charge is 0.311 e. The minimum Gasteiger partial charge on any atom is -0.457 e. The van der Waals surface area contributed by atoms with E-state index in [1.54, 1.807) is 26.8 Å². The third kappa shape index (κ3) is 8.71. The van der Waals surface area contributed by atoms with E-state index >= 15 is 0 Å². The molecule has 1 aliphatic rings. The monoisotopic (exact) mass is 528 g/mol. The van der Waals surface area contributed by atoms with Crippen molar-refractivity contribution in [1.29, 1.82) is 0 Å². The van der Waals surface area contributed by atoms with Crippen molar-refractivity contribution >= 4 is 23.7 Å². The van der Waals surface area contributed by atoms with Crippen molar-refractivity contribution in [3.63, 3.8) is 0 Å². The van der Waals surface area contributed by atoms with Gasteiger partial charge in [-0.05, 0) is 38.5 Å². The van der Waals surface area contributed by atoms with Gasteiger partial charge in [-0.25, -0.2) is 0 Å². The summed E-state index contributed by atoms with van der Waals surface area (Å²) in [6.07, 6.45) is -1.57. The molecule has 0 amide bonds. The largest absolute Gasteiger partial charge is 0.457 e. The highest BCUT2D eigenvalue weighted by Crippen LogP contribution is 2.38. The lowest BCUT2D eigenvalue weighted by Crippen LogP contribution is -2.61. The molecule has 200 valence electrons. The SMILES string of the molecule is C=CCO[C@H]1[C@@H](OC(C)=O)[C@@H](COCc2ccccc2)O[C@@H](Sc2ccccc2)[C@@H]1OC(=O)C(C)(C)C. The summed E-state index contributed by atoms with van der Waals surface area (Å²) >= 11 is 1.42. The first-order valence-electron chi connectivity index (χ1n) is 12.3. The van der Waals surface area contributed by atoms with Crippen molar-refractivity contribution in [2.45, 2.75) is 69.0 Å². The second kappa shape index (κ2) is 13.8.